The van der Waals surface area contributed by atoms with Gasteiger partial charge in [-0.1, -0.05) is 30.7 Å². The molecule has 0 aromatic rings. The molecule has 0 heterocycles. The molecule has 1 rings (SSSR count). The molecule has 0 aliphatic heterocycles. The molecule has 92 valence electrons. The summed E-state index contributed by atoms with van der Waals surface area (Å²) in [6.45, 7) is 3.84. The normalized spacial score (nSPS) is 24.0. The summed E-state index contributed by atoms with van der Waals surface area (Å²) < 4.78 is 0. The van der Waals surface area contributed by atoms with Crippen molar-refractivity contribution in [2.45, 2.75) is 20.3 Å². The molecule has 2 unspecified atom stereocenters. The molecule has 1 aliphatic rings. The highest BCUT2D eigenvalue weighted by molar-refractivity contribution is 5.95. The number of carbonyl (C=O) groups is 2. The van der Waals surface area contributed by atoms with Gasteiger partial charge in [-0.2, -0.15) is 0 Å². The average molecular weight is 236 g/mol. The van der Waals surface area contributed by atoms with Crippen molar-refractivity contribution in [1.82, 2.24) is 0 Å². The lowest BCUT2D eigenvalue weighted by molar-refractivity contribution is -0.135. The van der Waals surface area contributed by atoms with E-state index >= 15 is 0 Å². The van der Waals surface area contributed by atoms with Crippen LogP contribution in [0.2, 0.25) is 0 Å². The van der Waals surface area contributed by atoms with Crippen molar-refractivity contribution in [2.24, 2.45) is 11.8 Å². The second kappa shape index (κ2) is 5.48. The topological polar surface area (TPSA) is 74.6 Å². The van der Waals surface area contributed by atoms with E-state index in [9.17, 15) is 9.59 Å². The summed E-state index contributed by atoms with van der Waals surface area (Å²) in [6.07, 6.45) is 6.99. The van der Waals surface area contributed by atoms with E-state index in [-0.39, 0.29) is 5.57 Å². The summed E-state index contributed by atoms with van der Waals surface area (Å²) in [5.74, 6) is -2.41. The van der Waals surface area contributed by atoms with Crippen LogP contribution in [0, 0.1) is 11.8 Å². The van der Waals surface area contributed by atoms with E-state index in [4.69, 9.17) is 10.2 Å². The predicted molar refractivity (Wildman–Crippen MR) is 63.5 cm³/mol. The third-order valence-electron chi connectivity index (χ3n) is 2.69. The fraction of sp³-hybridized carbons (Fsp3) is 0.385. The summed E-state index contributed by atoms with van der Waals surface area (Å²) in [4.78, 5) is 21.6. The maximum atomic E-state index is 11.0. The molecule has 1 saturated carbocycles. The first kappa shape index (κ1) is 13.2. The number of hydrogen-bond acceptors (Lipinski definition) is 2. The van der Waals surface area contributed by atoms with Gasteiger partial charge in [0.25, 0.3) is 0 Å². The Kier molecular flexibility index (Phi) is 4.26. The van der Waals surface area contributed by atoms with Gasteiger partial charge in [-0.3, -0.25) is 0 Å². The molecule has 4 nitrogen and oxygen atoms in total. The summed E-state index contributed by atoms with van der Waals surface area (Å²) in [5.41, 5.74) is 1.08. The van der Waals surface area contributed by atoms with Crippen molar-refractivity contribution in [1.29, 1.82) is 0 Å². The van der Waals surface area contributed by atoms with E-state index in [1.165, 1.54) is 5.57 Å². The molecule has 0 aromatic carbocycles. The van der Waals surface area contributed by atoms with Gasteiger partial charge in [0.1, 0.15) is 0 Å². The number of hydrogen-bond donors (Lipinski definition) is 2. The lowest BCUT2D eigenvalue weighted by Crippen LogP contribution is -2.11. The molecule has 2 atom stereocenters. The third kappa shape index (κ3) is 3.90. The minimum atomic E-state index is -1.24. The van der Waals surface area contributed by atoms with Crippen LogP contribution < -0.4 is 0 Å². The number of allylic oxidation sites excluding steroid dienone is 4. The second-order valence-corrected chi connectivity index (χ2v) is 4.14. The smallest absolute Gasteiger partial charge is 0.332 e. The maximum Gasteiger partial charge on any atom is 0.332 e. The molecule has 0 spiro atoms. The first-order valence-corrected chi connectivity index (χ1v) is 5.47. The van der Waals surface area contributed by atoms with E-state index in [1.807, 2.05) is 6.08 Å². The van der Waals surface area contributed by atoms with E-state index in [1.54, 1.807) is 19.1 Å². The van der Waals surface area contributed by atoms with Gasteiger partial charge >= 0.3 is 11.9 Å². The standard InChI is InChI=1S/C13H16O4/c1-3-4-9(6-10-5-8(10)2)11(13(16)17)7-12(14)15/h3-4,6-9H,5H2,1-2H3,(H,14,15)(H,16,17). The third-order valence-corrected chi connectivity index (χ3v) is 2.69. The number of rotatable bonds is 5. The quantitative estimate of drug-likeness (QED) is 0.567. The first-order valence-electron chi connectivity index (χ1n) is 5.47. The average Bonchev–Trinajstić information content (AvgIpc) is 2.89. The van der Waals surface area contributed by atoms with Gasteiger partial charge in [-0.05, 0) is 19.3 Å². The molecule has 1 fully saturated rings. The Hall–Kier alpha value is -1.84. The van der Waals surface area contributed by atoms with Crippen LogP contribution in [0.1, 0.15) is 20.3 Å². The molecule has 17 heavy (non-hydrogen) atoms. The molecular formula is C13H16O4. The Morgan fingerprint density at radius 3 is 2.35 bits per heavy atom. The number of aliphatic carboxylic acids is 2. The molecule has 0 saturated heterocycles. The van der Waals surface area contributed by atoms with Crippen molar-refractivity contribution < 1.29 is 19.8 Å². The highest BCUT2D eigenvalue weighted by Gasteiger charge is 2.27. The van der Waals surface area contributed by atoms with Gasteiger partial charge in [0.15, 0.2) is 0 Å². The van der Waals surface area contributed by atoms with E-state index < -0.39 is 17.9 Å². The van der Waals surface area contributed by atoms with Gasteiger partial charge in [0, 0.05) is 12.0 Å². The van der Waals surface area contributed by atoms with E-state index in [0.29, 0.717) is 5.92 Å². The van der Waals surface area contributed by atoms with E-state index in [2.05, 4.69) is 6.92 Å². The Labute approximate surface area is 100.0 Å². The van der Waals surface area contributed by atoms with Crippen LogP contribution >= 0.6 is 0 Å². The van der Waals surface area contributed by atoms with Crippen LogP contribution in [-0.4, -0.2) is 22.2 Å². The molecule has 0 aromatic heterocycles. The van der Waals surface area contributed by atoms with Crippen molar-refractivity contribution in [3.8, 4) is 0 Å². The minimum Gasteiger partial charge on any atom is -0.478 e. The molecule has 2 N–H and O–H groups in total. The maximum absolute atomic E-state index is 11.0. The highest BCUT2D eigenvalue weighted by Crippen LogP contribution is 2.38. The van der Waals surface area contributed by atoms with Crippen LogP contribution in [0.15, 0.2) is 35.5 Å². The molecule has 1 aliphatic carbocycles. The highest BCUT2D eigenvalue weighted by atomic mass is 16.4. The Morgan fingerprint density at radius 1 is 1.41 bits per heavy atom. The van der Waals surface area contributed by atoms with Crippen molar-refractivity contribution >= 4 is 11.9 Å². The van der Waals surface area contributed by atoms with Gasteiger partial charge in [0.2, 0.25) is 0 Å². The van der Waals surface area contributed by atoms with Crippen molar-refractivity contribution in [3.63, 3.8) is 0 Å². The molecule has 4 heteroatoms. The number of carboxylic acid groups (broad SMARTS) is 2. The van der Waals surface area contributed by atoms with Gasteiger partial charge < -0.3 is 10.2 Å². The van der Waals surface area contributed by atoms with Crippen LogP contribution in [0.4, 0.5) is 0 Å². The molecule has 0 radical (unpaired) electrons. The SMILES string of the molecule is CC=CC(C=C1CC1C)C(=CC(=O)O)C(=O)O. The van der Waals surface area contributed by atoms with Crippen molar-refractivity contribution in [2.75, 3.05) is 0 Å². The summed E-state index contributed by atoms with van der Waals surface area (Å²) in [5, 5.41) is 17.7. The zero-order chi connectivity index (χ0) is 13.0. The molecule has 0 amide bonds. The van der Waals surface area contributed by atoms with Crippen LogP contribution in [0.3, 0.4) is 0 Å². The van der Waals surface area contributed by atoms with Crippen molar-refractivity contribution in [3.05, 3.63) is 35.5 Å². The summed E-state index contributed by atoms with van der Waals surface area (Å²) in [7, 11) is 0. The van der Waals surface area contributed by atoms with Gasteiger partial charge in [0.05, 0.1) is 5.57 Å². The lowest BCUT2D eigenvalue weighted by Gasteiger charge is -2.08. The Bertz CT molecular complexity index is 415. The Morgan fingerprint density at radius 2 is 2.00 bits per heavy atom. The van der Waals surface area contributed by atoms with Crippen LogP contribution in [0.25, 0.3) is 0 Å². The minimum absolute atomic E-state index is 0.109. The monoisotopic (exact) mass is 236 g/mol. The van der Waals surface area contributed by atoms with Gasteiger partial charge in [-0.15, -0.1) is 0 Å². The van der Waals surface area contributed by atoms with Crippen LogP contribution in [0.5, 0.6) is 0 Å². The summed E-state index contributed by atoms with van der Waals surface area (Å²) >= 11 is 0. The Balaban J connectivity index is 3.02. The number of carboxylic acids is 2. The van der Waals surface area contributed by atoms with Crippen LogP contribution in [-0.2, 0) is 9.59 Å². The molecular weight excluding hydrogens is 220 g/mol. The predicted octanol–water partition coefficient (Wildman–Crippen LogP) is 2.24. The zero-order valence-corrected chi connectivity index (χ0v) is 9.88. The fourth-order valence-electron chi connectivity index (χ4n) is 1.65. The van der Waals surface area contributed by atoms with Gasteiger partial charge in [-0.25, -0.2) is 9.59 Å². The van der Waals surface area contributed by atoms with E-state index in [0.717, 1.165) is 12.5 Å². The second-order valence-electron chi connectivity index (χ2n) is 4.14. The zero-order valence-electron chi connectivity index (χ0n) is 9.88. The largest absolute Gasteiger partial charge is 0.478 e. The fourth-order valence-corrected chi connectivity index (χ4v) is 1.65. The first-order chi connectivity index (χ1) is 7.95. The summed E-state index contributed by atoms with van der Waals surface area (Å²) in [6, 6.07) is 0. The molecule has 0 bridgehead atoms. The lowest BCUT2D eigenvalue weighted by atomic mass is 9.97.